The molecular formula is C20H33N3O. The highest BCUT2D eigenvalue weighted by molar-refractivity contribution is 5.97. The molecule has 0 aliphatic heterocycles. The minimum Gasteiger partial charge on any atom is -0.386 e. The van der Waals surface area contributed by atoms with Crippen LogP contribution >= 0.6 is 0 Å². The van der Waals surface area contributed by atoms with E-state index >= 15 is 0 Å². The van der Waals surface area contributed by atoms with Gasteiger partial charge in [0.15, 0.2) is 0 Å². The van der Waals surface area contributed by atoms with E-state index in [0.29, 0.717) is 5.56 Å². The minimum atomic E-state index is -0.436. The van der Waals surface area contributed by atoms with Gasteiger partial charge in [0.25, 0.3) is 5.91 Å². The van der Waals surface area contributed by atoms with Crippen LogP contribution < -0.4 is 11.1 Å². The maximum absolute atomic E-state index is 12.0. The average molecular weight is 332 g/mol. The van der Waals surface area contributed by atoms with Crippen LogP contribution in [0.15, 0.2) is 24.3 Å². The van der Waals surface area contributed by atoms with Gasteiger partial charge in [-0.25, -0.2) is 0 Å². The van der Waals surface area contributed by atoms with Crippen molar-refractivity contribution in [3.05, 3.63) is 35.4 Å². The highest BCUT2D eigenvalue weighted by atomic mass is 16.1. The number of carbonyl (C=O) groups excluding carboxylic acids is 1. The van der Waals surface area contributed by atoms with E-state index in [2.05, 4.69) is 12.2 Å². The first-order valence-electron chi connectivity index (χ1n) is 9.28. The highest BCUT2D eigenvalue weighted by Gasteiger charge is 2.11. The normalized spacial score (nSPS) is 11.9. The summed E-state index contributed by atoms with van der Waals surface area (Å²) in [6, 6.07) is 7.31. The number of hydrogen-bond donors (Lipinski definition) is 3. The summed E-state index contributed by atoms with van der Waals surface area (Å²) in [5.74, 6) is -0.217. The highest BCUT2D eigenvalue weighted by Crippen LogP contribution is 2.12. The quantitative estimate of drug-likeness (QED) is 0.301. The molecule has 0 radical (unpaired) electrons. The zero-order valence-corrected chi connectivity index (χ0v) is 15.2. The summed E-state index contributed by atoms with van der Waals surface area (Å²) in [7, 11) is 0. The van der Waals surface area contributed by atoms with Crippen LogP contribution in [0.1, 0.15) is 81.1 Å². The zero-order valence-electron chi connectivity index (χ0n) is 15.2. The predicted molar refractivity (Wildman–Crippen MR) is 102 cm³/mol. The molecule has 0 aliphatic rings. The largest absolute Gasteiger partial charge is 0.386 e. The molecule has 134 valence electrons. The van der Waals surface area contributed by atoms with Gasteiger partial charge in [-0.1, -0.05) is 64.0 Å². The summed E-state index contributed by atoms with van der Waals surface area (Å²) >= 11 is 0. The molecule has 0 aliphatic carbocycles. The molecular weight excluding hydrogens is 298 g/mol. The summed E-state index contributed by atoms with van der Waals surface area (Å²) in [6.45, 7) is 3.95. The molecule has 1 aromatic rings. The lowest BCUT2D eigenvalue weighted by atomic mass is 10.0. The third-order valence-electron chi connectivity index (χ3n) is 4.35. The Morgan fingerprint density at radius 2 is 1.58 bits per heavy atom. The summed E-state index contributed by atoms with van der Waals surface area (Å²) in [5, 5.41) is 10.0. The lowest BCUT2D eigenvalue weighted by molar-refractivity contribution is 0.0949. The number of unbranched alkanes of at least 4 members (excludes halogenated alkanes) is 7. The summed E-state index contributed by atoms with van der Waals surface area (Å²) in [6.07, 6.45) is 11.7. The van der Waals surface area contributed by atoms with Crippen LogP contribution in [0.2, 0.25) is 0 Å². The lowest BCUT2D eigenvalue weighted by Gasteiger charge is -2.12. The number of carbonyl (C=O) groups is 1. The standard InChI is InChI=1S/C20H33N3O/c1-3-4-5-6-7-8-9-10-11-17-12-14-18(15-13-17)20(24)23-16(2)19(21)22/h12-16H,3-11H2,1-2H3,(H3,21,22)(H,23,24)/t16-/m1/s1. The van der Waals surface area contributed by atoms with E-state index in [1.807, 2.05) is 24.3 Å². The van der Waals surface area contributed by atoms with Crippen molar-refractivity contribution in [2.24, 2.45) is 5.73 Å². The molecule has 0 saturated heterocycles. The van der Waals surface area contributed by atoms with E-state index in [4.69, 9.17) is 11.1 Å². The van der Waals surface area contributed by atoms with Crippen molar-refractivity contribution in [1.29, 1.82) is 5.41 Å². The van der Waals surface area contributed by atoms with E-state index in [1.165, 1.54) is 56.9 Å². The first-order valence-corrected chi connectivity index (χ1v) is 9.28. The molecule has 1 aromatic carbocycles. The Balaban J connectivity index is 2.25. The molecule has 0 aromatic heterocycles. The van der Waals surface area contributed by atoms with E-state index in [1.54, 1.807) is 6.92 Å². The predicted octanol–water partition coefficient (Wildman–Crippen LogP) is 4.42. The fourth-order valence-corrected chi connectivity index (χ4v) is 2.64. The van der Waals surface area contributed by atoms with Gasteiger partial charge < -0.3 is 11.1 Å². The molecule has 4 nitrogen and oxygen atoms in total. The van der Waals surface area contributed by atoms with Crippen LogP contribution in [-0.2, 0) is 6.42 Å². The second-order valence-electron chi connectivity index (χ2n) is 6.57. The Hall–Kier alpha value is -1.84. The van der Waals surface area contributed by atoms with Crippen molar-refractivity contribution in [3.8, 4) is 0 Å². The molecule has 4 N–H and O–H groups in total. The number of aryl methyl sites for hydroxylation is 1. The molecule has 0 fully saturated rings. The number of amides is 1. The number of rotatable bonds is 12. The number of amidine groups is 1. The topological polar surface area (TPSA) is 79.0 Å². The maximum atomic E-state index is 12.0. The molecule has 1 rings (SSSR count). The van der Waals surface area contributed by atoms with Crippen LogP contribution in [-0.4, -0.2) is 17.8 Å². The molecule has 0 unspecified atom stereocenters. The Labute approximate surface area is 146 Å². The van der Waals surface area contributed by atoms with Crippen LogP contribution in [0.5, 0.6) is 0 Å². The minimum absolute atomic E-state index is 0.0327. The van der Waals surface area contributed by atoms with Crippen molar-refractivity contribution in [2.45, 2.75) is 77.7 Å². The van der Waals surface area contributed by atoms with Crippen LogP contribution in [0.3, 0.4) is 0 Å². The molecule has 0 bridgehead atoms. The van der Waals surface area contributed by atoms with E-state index < -0.39 is 6.04 Å². The van der Waals surface area contributed by atoms with Crippen LogP contribution in [0.4, 0.5) is 0 Å². The number of nitrogens with two attached hydrogens (primary N) is 1. The summed E-state index contributed by atoms with van der Waals surface area (Å²) in [5.41, 5.74) is 7.26. The Bertz CT molecular complexity index is 496. The molecule has 0 spiro atoms. The lowest BCUT2D eigenvalue weighted by Crippen LogP contribution is -2.41. The van der Waals surface area contributed by atoms with Gasteiger partial charge in [-0.3, -0.25) is 10.2 Å². The Kier molecular flexibility index (Phi) is 9.81. The zero-order chi connectivity index (χ0) is 17.8. The number of benzene rings is 1. The molecule has 1 atom stereocenters. The van der Waals surface area contributed by atoms with Crippen molar-refractivity contribution in [1.82, 2.24) is 5.32 Å². The van der Waals surface area contributed by atoms with Crippen molar-refractivity contribution in [2.75, 3.05) is 0 Å². The first-order chi connectivity index (χ1) is 11.5. The van der Waals surface area contributed by atoms with Gasteiger partial charge in [0, 0.05) is 5.56 Å². The van der Waals surface area contributed by atoms with Gasteiger partial charge in [0.2, 0.25) is 0 Å². The second kappa shape index (κ2) is 11.7. The first kappa shape index (κ1) is 20.2. The van der Waals surface area contributed by atoms with E-state index in [0.717, 1.165) is 6.42 Å². The van der Waals surface area contributed by atoms with Gasteiger partial charge in [-0.15, -0.1) is 0 Å². The SMILES string of the molecule is CCCCCCCCCCc1ccc(C(=O)N[C@H](C)C(=N)N)cc1. The Morgan fingerprint density at radius 1 is 1.04 bits per heavy atom. The third-order valence-corrected chi connectivity index (χ3v) is 4.35. The Morgan fingerprint density at radius 3 is 2.12 bits per heavy atom. The van der Waals surface area contributed by atoms with Crippen LogP contribution in [0.25, 0.3) is 0 Å². The van der Waals surface area contributed by atoms with E-state index in [9.17, 15) is 4.79 Å². The molecule has 0 heterocycles. The number of nitrogens with one attached hydrogen (secondary N) is 2. The molecule has 4 heteroatoms. The molecule has 0 saturated carbocycles. The maximum Gasteiger partial charge on any atom is 0.251 e. The smallest absolute Gasteiger partial charge is 0.251 e. The molecule has 1 amide bonds. The van der Waals surface area contributed by atoms with Gasteiger partial charge in [0.05, 0.1) is 6.04 Å². The third kappa shape index (κ3) is 8.14. The second-order valence-corrected chi connectivity index (χ2v) is 6.57. The van der Waals surface area contributed by atoms with Gasteiger partial charge in [0.1, 0.15) is 5.84 Å². The van der Waals surface area contributed by atoms with Gasteiger partial charge in [-0.05, 0) is 37.5 Å². The van der Waals surface area contributed by atoms with Crippen molar-refractivity contribution < 1.29 is 4.79 Å². The monoisotopic (exact) mass is 331 g/mol. The molecule has 24 heavy (non-hydrogen) atoms. The summed E-state index contributed by atoms with van der Waals surface area (Å²) in [4.78, 5) is 12.0. The van der Waals surface area contributed by atoms with Crippen LogP contribution in [0, 0.1) is 5.41 Å². The average Bonchev–Trinajstić information content (AvgIpc) is 2.57. The van der Waals surface area contributed by atoms with E-state index in [-0.39, 0.29) is 11.7 Å². The van der Waals surface area contributed by atoms with Gasteiger partial charge in [-0.2, -0.15) is 0 Å². The fourth-order valence-electron chi connectivity index (χ4n) is 2.64. The van der Waals surface area contributed by atoms with Crippen molar-refractivity contribution in [3.63, 3.8) is 0 Å². The summed E-state index contributed by atoms with van der Waals surface area (Å²) < 4.78 is 0. The number of hydrogen-bond acceptors (Lipinski definition) is 2. The fraction of sp³-hybridized carbons (Fsp3) is 0.600. The van der Waals surface area contributed by atoms with Crippen molar-refractivity contribution >= 4 is 11.7 Å². The van der Waals surface area contributed by atoms with Gasteiger partial charge >= 0.3 is 0 Å².